The Balaban J connectivity index is 2.82. The summed E-state index contributed by atoms with van der Waals surface area (Å²) in [6.07, 6.45) is 3.39. The zero-order valence-corrected chi connectivity index (χ0v) is 13.2. The number of nitrogens with one attached hydrogen (secondary N) is 2. The average Bonchev–Trinajstić information content (AvgIpc) is 2.42. The van der Waals surface area contributed by atoms with E-state index in [1.54, 1.807) is 0 Å². The van der Waals surface area contributed by atoms with Crippen LogP contribution in [-0.4, -0.2) is 12.5 Å². The second kappa shape index (κ2) is 8.11. The lowest BCUT2D eigenvalue weighted by atomic mass is 10.1. The molecule has 1 amide bonds. The van der Waals surface area contributed by atoms with Crippen molar-refractivity contribution in [2.45, 2.75) is 40.5 Å². The van der Waals surface area contributed by atoms with Crippen molar-refractivity contribution >= 4 is 11.6 Å². The lowest BCUT2D eigenvalue weighted by Crippen LogP contribution is -2.25. The first kappa shape index (κ1) is 16.8. The molecule has 4 heteroatoms. The maximum atomic E-state index is 11.9. The zero-order chi connectivity index (χ0) is 15.8. The summed E-state index contributed by atoms with van der Waals surface area (Å²) < 4.78 is 0. The first-order valence-corrected chi connectivity index (χ1v) is 7.22. The first-order chi connectivity index (χ1) is 9.99. The monoisotopic (exact) mass is 285 g/mol. The lowest BCUT2D eigenvalue weighted by molar-refractivity contribution is -0.117. The van der Waals surface area contributed by atoms with Gasteiger partial charge in [0.2, 0.25) is 0 Å². The van der Waals surface area contributed by atoms with Gasteiger partial charge in [0.15, 0.2) is 0 Å². The number of aryl methyl sites for hydroxylation is 3. The van der Waals surface area contributed by atoms with Gasteiger partial charge in [-0.05, 0) is 38.3 Å². The van der Waals surface area contributed by atoms with Gasteiger partial charge in [0.1, 0.15) is 11.6 Å². The summed E-state index contributed by atoms with van der Waals surface area (Å²) in [5.74, 6) is -0.333. The molecule has 0 aromatic heterocycles. The van der Waals surface area contributed by atoms with E-state index < -0.39 is 0 Å². The Hall–Kier alpha value is -2.28. The quantitative estimate of drug-likeness (QED) is 0.478. The van der Waals surface area contributed by atoms with Crippen LogP contribution in [0.15, 0.2) is 23.9 Å². The van der Waals surface area contributed by atoms with Gasteiger partial charge in [0.05, 0.1) is 0 Å². The number of nitrogens with zero attached hydrogens (tertiary/aromatic N) is 1. The summed E-state index contributed by atoms with van der Waals surface area (Å²) in [5.41, 5.74) is 4.40. The summed E-state index contributed by atoms with van der Waals surface area (Å²) in [6.45, 7) is 8.70. The van der Waals surface area contributed by atoms with E-state index >= 15 is 0 Å². The van der Waals surface area contributed by atoms with Gasteiger partial charge in [-0.1, -0.05) is 31.0 Å². The Morgan fingerprint density at radius 2 is 1.90 bits per heavy atom. The minimum atomic E-state index is -0.333. The largest absolute Gasteiger partial charge is 0.360 e. The Morgan fingerprint density at radius 3 is 2.43 bits per heavy atom. The molecule has 0 fully saturated rings. The molecular weight excluding hydrogens is 262 g/mol. The fourth-order valence-corrected chi connectivity index (χ4v) is 2.17. The molecule has 0 aliphatic heterocycles. The van der Waals surface area contributed by atoms with Crippen molar-refractivity contribution in [1.29, 1.82) is 5.26 Å². The highest BCUT2D eigenvalue weighted by Crippen LogP contribution is 2.22. The molecule has 0 heterocycles. The summed E-state index contributed by atoms with van der Waals surface area (Å²) in [7, 11) is 0. The molecule has 0 atom stereocenters. The van der Waals surface area contributed by atoms with Crippen molar-refractivity contribution in [3.8, 4) is 6.07 Å². The molecule has 0 bridgehead atoms. The van der Waals surface area contributed by atoms with Gasteiger partial charge in [-0.3, -0.25) is 4.79 Å². The third-order valence-corrected chi connectivity index (χ3v) is 3.22. The lowest BCUT2D eigenvalue weighted by Gasteiger charge is -2.11. The van der Waals surface area contributed by atoms with E-state index in [-0.39, 0.29) is 11.5 Å². The number of amides is 1. The molecule has 0 spiro atoms. The van der Waals surface area contributed by atoms with Crippen LogP contribution in [-0.2, 0) is 4.79 Å². The van der Waals surface area contributed by atoms with Crippen molar-refractivity contribution in [2.24, 2.45) is 0 Å². The molecule has 0 unspecified atom stereocenters. The third-order valence-electron chi connectivity index (χ3n) is 3.22. The number of hydrogen-bond acceptors (Lipinski definition) is 3. The Labute approximate surface area is 126 Å². The van der Waals surface area contributed by atoms with E-state index in [2.05, 4.69) is 29.7 Å². The first-order valence-electron chi connectivity index (χ1n) is 7.22. The van der Waals surface area contributed by atoms with Crippen LogP contribution in [0.25, 0.3) is 0 Å². The van der Waals surface area contributed by atoms with Crippen LogP contribution in [0, 0.1) is 32.1 Å². The van der Waals surface area contributed by atoms with Crippen LogP contribution in [0.5, 0.6) is 0 Å². The predicted octanol–water partition coefficient (Wildman–Crippen LogP) is 3.35. The van der Waals surface area contributed by atoms with Crippen molar-refractivity contribution in [1.82, 2.24) is 5.32 Å². The molecule has 0 aliphatic rings. The maximum Gasteiger partial charge on any atom is 0.263 e. The van der Waals surface area contributed by atoms with Crippen LogP contribution in [0.2, 0.25) is 0 Å². The minimum absolute atomic E-state index is 0.0884. The molecular formula is C17H23N3O. The highest BCUT2D eigenvalue weighted by atomic mass is 16.1. The molecule has 1 aromatic rings. The van der Waals surface area contributed by atoms with Crippen molar-refractivity contribution < 1.29 is 4.79 Å². The normalized spacial score (nSPS) is 10.9. The minimum Gasteiger partial charge on any atom is -0.360 e. The van der Waals surface area contributed by atoms with Crippen molar-refractivity contribution in [3.63, 3.8) is 0 Å². The van der Waals surface area contributed by atoms with E-state index in [1.807, 2.05) is 26.8 Å². The molecule has 4 nitrogen and oxygen atoms in total. The smallest absolute Gasteiger partial charge is 0.263 e. The number of unbranched alkanes of at least 4 members (excludes halogenated alkanes) is 1. The van der Waals surface area contributed by atoms with E-state index in [1.165, 1.54) is 11.8 Å². The van der Waals surface area contributed by atoms with Gasteiger partial charge in [-0.2, -0.15) is 5.26 Å². The van der Waals surface area contributed by atoms with Gasteiger partial charge < -0.3 is 10.6 Å². The van der Waals surface area contributed by atoms with E-state index in [0.29, 0.717) is 6.54 Å². The van der Waals surface area contributed by atoms with E-state index in [0.717, 1.165) is 29.7 Å². The van der Waals surface area contributed by atoms with E-state index in [9.17, 15) is 4.79 Å². The summed E-state index contributed by atoms with van der Waals surface area (Å²) in [5, 5.41) is 14.9. The molecule has 1 aromatic carbocycles. The van der Waals surface area contributed by atoms with Gasteiger partial charge in [0, 0.05) is 18.4 Å². The fraction of sp³-hybridized carbons (Fsp3) is 0.412. The molecule has 21 heavy (non-hydrogen) atoms. The number of carbonyl (C=O) groups is 1. The maximum absolute atomic E-state index is 11.9. The van der Waals surface area contributed by atoms with Crippen LogP contribution in [0.1, 0.15) is 36.5 Å². The van der Waals surface area contributed by atoms with E-state index in [4.69, 9.17) is 5.26 Å². The highest BCUT2D eigenvalue weighted by molar-refractivity contribution is 5.97. The van der Waals surface area contributed by atoms with Crippen LogP contribution >= 0.6 is 0 Å². The molecule has 0 aliphatic carbocycles. The summed E-state index contributed by atoms with van der Waals surface area (Å²) in [6, 6.07) is 6.07. The fourth-order valence-electron chi connectivity index (χ4n) is 2.17. The SMILES string of the molecule is CCCCNC(=O)/C(C#N)=C\Nc1c(C)cc(C)cc1C. The Kier molecular flexibility index (Phi) is 6.48. The molecule has 0 saturated carbocycles. The topological polar surface area (TPSA) is 64.9 Å². The second-order valence-electron chi connectivity index (χ2n) is 5.20. The van der Waals surface area contributed by atoms with Crippen LogP contribution in [0.3, 0.4) is 0 Å². The molecule has 0 radical (unpaired) electrons. The standard InChI is InChI=1S/C17H23N3O/c1-5-6-7-19-17(21)15(10-18)11-20-16-13(3)8-12(2)9-14(16)4/h8-9,11,20H,5-7H2,1-4H3,(H,19,21)/b15-11-. The van der Waals surface area contributed by atoms with Gasteiger partial charge in [-0.25, -0.2) is 0 Å². The number of rotatable bonds is 6. The summed E-state index contributed by atoms with van der Waals surface area (Å²) >= 11 is 0. The highest BCUT2D eigenvalue weighted by Gasteiger charge is 2.09. The molecule has 0 saturated heterocycles. The zero-order valence-electron chi connectivity index (χ0n) is 13.2. The number of hydrogen-bond donors (Lipinski definition) is 2. The molecule has 2 N–H and O–H groups in total. The number of benzene rings is 1. The Bertz CT molecular complexity index is 559. The van der Waals surface area contributed by atoms with Gasteiger partial charge in [0.25, 0.3) is 5.91 Å². The van der Waals surface area contributed by atoms with Crippen LogP contribution in [0.4, 0.5) is 5.69 Å². The van der Waals surface area contributed by atoms with Crippen molar-refractivity contribution in [3.05, 3.63) is 40.6 Å². The third kappa shape index (κ3) is 4.96. The van der Waals surface area contributed by atoms with Crippen LogP contribution < -0.4 is 10.6 Å². The Morgan fingerprint density at radius 1 is 1.29 bits per heavy atom. The van der Waals surface area contributed by atoms with Gasteiger partial charge >= 0.3 is 0 Å². The second-order valence-corrected chi connectivity index (χ2v) is 5.20. The number of carbonyl (C=O) groups excluding carboxylic acids is 1. The number of nitriles is 1. The van der Waals surface area contributed by atoms with Gasteiger partial charge in [-0.15, -0.1) is 0 Å². The molecule has 1 rings (SSSR count). The predicted molar refractivity (Wildman–Crippen MR) is 85.9 cm³/mol. The number of anilines is 1. The average molecular weight is 285 g/mol. The summed E-state index contributed by atoms with van der Waals surface area (Å²) in [4.78, 5) is 11.9. The molecule has 112 valence electrons. The van der Waals surface area contributed by atoms with Crippen molar-refractivity contribution in [2.75, 3.05) is 11.9 Å².